The molecule has 200 valence electrons. The van der Waals surface area contributed by atoms with Gasteiger partial charge in [-0.25, -0.2) is 0 Å². The highest BCUT2D eigenvalue weighted by atomic mass is 16.6. The lowest BCUT2D eigenvalue weighted by Crippen LogP contribution is -2.25. The fraction of sp³-hybridized carbons (Fsp3) is 0.815. The number of aliphatic hydroxyl groups excluding tert-OH is 1. The Balaban J connectivity index is 0. The van der Waals surface area contributed by atoms with Gasteiger partial charge in [0.25, 0.3) is 0 Å². The van der Waals surface area contributed by atoms with Gasteiger partial charge in [-0.2, -0.15) is 0 Å². The Bertz CT molecular complexity index is 517. The van der Waals surface area contributed by atoms with E-state index < -0.39 is 24.0 Å². The van der Waals surface area contributed by atoms with Gasteiger partial charge in [-0.3, -0.25) is 14.4 Å². The molecule has 0 spiro atoms. The van der Waals surface area contributed by atoms with Crippen molar-refractivity contribution in [2.75, 3.05) is 13.2 Å². The number of hydrogen-bond donors (Lipinski definition) is 2. The van der Waals surface area contributed by atoms with Gasteiger partial charge < -0.3 is 19.7 Å². The zero-order chi connectivity index (χ0) is 25.9. The SMILES string of the molecule is CCCC/C=C/CCCCCCCC.CCCCCC(=O)OCC(O)COC(=O)CCC(=O)O. The molecule has 0 aromatic carbocycles. The summed E-state index contributed by atoms with van der Waals surface area (Å²) in [5.41, 5.74) is 0. The highest BCUT2D eigenvalue weighted by Crippen LogP contribution is 2.07. The molecule has 7 heteroatoms. The zero-order valence-corrected chi connectivity index (χ0v) is 21.9. The standard InChI is InChI=1S/C14H28.C13H22O7/c1-3-5-7-9-11-13-14-12-10-8-6-4-2;1-2-3-4-5-12(17)19-8-10(14)9-20-13(18)7-6-11(15)16/h9,11H,3-8,10,12-14H2,1-2H3;10,14H,2-9H2,1H3,(H,15,16)/b11-9+;. The van der Waals surface area contributed by atoms with E-state index in [1.807, 2.05) is 6.92 Å². The van der Waals surface area contributed by atoms with Crippen LogP contribution < -0.4 is 0 Å². The van der Waals surface area contributed by atoms with Crippen molar-refractivity contribution in [2.24, 2.45) is 0 Å². The Labute approximate surface area is 207 Å². The molecule has 34 heavy (non-hydrogen) atoms. The lowest BCUT2D eigenvalue weighted by atomic mass is 10.1. The number of carbonyl (C=O) groups is 3. The lowest BCUT2D eigenvalue weighted by Gasteiger charge is -2.11. The van der Waals surface area contributed by atoms with Crippen LogP contribution in [0.5, 0.6) is 0 Å². The quantitative estimate of drug-likeness (QED) is 0.110. The molecule has 0 radical (unpaired) electrons. The van der Waals surface area contributed by atoms with Crippen molar-refractivity contribution in [2.45, 2.75) is 130 Å². The summed E-state index contributed by atoms with van der Waals surface area (Å²) < 4.78 is 9.45. The largest absolute Gasteiger partial charge is 0.481 e. The smallest absolute Gasteiger partial charge is 0.306 e. The summed E-state index contributed by atoms with van der Waals surface area (Å²) in [7, 11) is 0. The van der Waals surface area contributed by atoms with Crippen LogP contribution in [0, 0.1) is 0 Å². The van der Waals surface area contributed by atoms with Crippen LogP contribution in [0.3, 0.4) is 0 Å². The van der Waals surface area contributed by atoms with Crippen LogP contribution in [0.1, 0.15) is 124 Å². The number of aliphatic carboxylic acids is 1. The van der Waals surface area contributed by atoms with E-state index >= 15 is 0 Å². The van der Waals surface area contributed by atoms with Crippen molar-refractivity contribution >= 4 is 17.9 Å². The summed E-state index contributed by atoms with van der Waals surface area (Å²) in [5.74, 6) is -2.20. The van der Waals surface area contributed by atoms with Gasteiger partial charge in [-0.15, -0.1) is 0 Å². The number of esters is 2. The zero-order valence-electron chi connectivity index (χ0n) is 21.9. The molecule has 1 atom stereocenters. The molecule has 0 aromatic rings. The van der Waals surface area contributed by atoms with Crippen LogP contribution in [-0.2, 0) is 23.9 Å². The summed E-state index contributed by atoms with van der Waals surface area (Å²) in [6, 6.07) is 0. The Morgan fingerprint density at radius 3 is 1.68 bits per heavy atom. The minimum Gasteiger partial charge on any atom is -0.481 e. The van der Waals surface area contributed by atoms with E-state index in [1.54, 1.807) is 0 Å². The molecule has 0 saturated heterocycles. The fourth-order valence-corrected chi connectivity index (χ4v) is 2.90. The molecule has 0 amide bonds. The second-order valence-electron chi connectivity index (χ2n) is 8.54. The van der Waals surface area contributed by atoms with E-state index in [0.717, 1.165) is 19.3 Å². The number of unbranched alkanes of at least 4 members (excludes halogenated alkanes) is 10. The van der Waals surface area contributed by atoms with Crippen LogP contribution >= 0.6 is 0 Å². The van der Waals surface area contributed by atoms with Crippen molar-refractivity contribution < 1.29 is 34.1 Å². The summed E-state index contributed by atoms with van der Waals surface area (Å²) in [5, 5.41) is 17.8. The first-order valence-corrected chi connectivity index (χ1v) is 13.2. The maximum atomic E-state index is 11.2. The molecular formula is C27H50O7. The summed E-state index contributed by atoms with van der Waals surface area (Å²) in [6.45, 7) is 5.99. The van der Waals surface area contributed by atoms with Gasteiger partial charge in [-0.05, 0) is 25.7 Å². The molecule has 2 N–H and O–H groups in total. The molecule has 7 nitrogen and oxygen atoms in total. The third kappa shape index (κ3) is 30.1. The van der Waals surface area contributed by atoms with E-state index in [1.165, 1.54) is 64.2 Å². The number of carbonyl (C=O) groups excluding carboxylic acids is 2. The first kappa shape index (κ1) is 34.3. The average Bonchev–Trinajstić information content (AvgIpc) is 2.82. The molecule has 0 saturated carbocycles. The number of ether oxygens (including phenoxy) is 2. The maximum absolute atomic E-state index is 11.2. The second kappa shape index (κ2) is 27.4. The molecule has 0 aliphatic heterocycles. The normalized spacial score (nSPS) is 11.5. The molecule has 1 unspecified atom stereocenters. The number of allylic oxidation sites excluding steroid dienone is 2. The minimum atomic E-state index is -1.10. The van der Waals surface area contributed by atoms with Crippen molar-refractivity contribution in [1.82, 2.24) is 0 Å². The number of hydrogen-bond acceptors (Lipinski definition) is 6. The number of carboxylic acid groups (broad SMARTS) is 1. The van der Waals surface area contributed by atoms with E-state index in [9.17, 15) is 19.5 Å². The predicted molar refractivity (Wildman–Crippen MR) is 136 cm³/mol. The molecule has 0 heterocycles. The Hall–Kier alpha value is -1.89. The summed E-state index contributed by atoms with van der Waals surface area (Å²) in [6.07, 6.45) is 19.8. The van der Waals surface area contributed by atoms with Crippen molar-refractivity contribution in [3.05, 3.63) is 12.2 Å². The van der Waals surface area contributed by atoms with Gasteiger partial charge in [0.1, 0.15) is 19.3 Å². The maximum Gasteiger partial charge on any atom is 0.306 e. The summed E-state index contributed by atoms with van der Waals surface area (Å²) >= 11 is 0. The minimum absolute atomic E-state index is 0.239. The number of rotatable bonds is 21. The molecule has 0 fully saturated rings. The topological polar surface area (TPSA) is 110 Å². The van der Waals surface area contributed by atoms with E-state index in [-0.39, 0.29) is 26.1 Å². The van der Waals surface area contributed by atoms with Crippen LogP contribution in [0.25, 0.3) is 0 Å². The van der Waals surface area contributed by atoms with Gasteiger partial charge in [0.05, 0.1) is 12.8 Å². The molecular weight excluding hydrogens is 436 g/mol. The molecule has 0 bridgehead atoms. The van der Waals surface area contributed by atoms with Gasteiger partial charge in [-0.1, -0.05) is 90.7 Å². The number of carboxylic acids is 1. The van der Waals surface area contributed by atoms with Crippen molar-refractivity contribution in [3.63, 3.8) is 0 Å². The van der Waals surface area contributed by atoms with Gasteiger partial charge in [0, 0.05) is 6.42 Å². The van der Waals surface area contributed by atoms with Gasteiger partial charge in [0.15, 0.2) is 0 Å². The second-order valence-corrected chi connectivity index (χ2v) is 8.54. The molecule has 0 aromatic heterocycles. The molecule has 0 aliphatic carbocycles. The predicted octanol–water partition coefficient (Wildman–Crippen LogP) is 6.36. The van der Waals surface area contributed by atoms with Crippen LogP contribution in [0.15, 0.2) is 12.2 Å². The first-order chi connectivity index (χ1) is 16.4. The van der Waals surface area contributed by atoms with Crippen molar-refractivity contribution in [1.29, 1.82) is 0 Å². The Morgan fingerprint density at radius 2 is 1.12 bits per heavy atom. The molecule has 0 aliphatic rings. The summed E-state index contributed by atoms with van der Waals surface area (Å²) in [4.78, 5) is 32.5. The van der Waals surface area contributed by atoms with Gasteiger partial charge >= 0.3 is 17.9 Å². The van der Waals surface area contributed by atoms with E-state index in [0.29, 0.717) is 6.42 Å². The van der Waals surface area contributed by atoms with Crippen LogP contribution in [0.4, 0.5) is 0 Å². The highest BCUT2D eigenvalue weighted by Gasteiger charge is 2.12. The van der Waals surface area contributed by atoms with E-state index in [4.69, 9.17) is 9.84 Å². The third-order valence-corrected chi connectivity index (χ3v) is 5.02. The van der Waals surface area contributed by atoms with Gasteiger partial charge in [0.2, 0.25) is 0 Å². The molecule has 0 rings (SSSR count). The van der Waals surface area contributed by atoms with E-state index in [2.05, 4.69) is 30.7 Å². The van der Waals surface area contributed by atoms with Crippen LogP contribution in [-0.4, -0.2) is 47.4 Å². The average molecular weight is 487 g/mol. The first-order valence-electron chi connectivity index (χ1n) is 13.2. The Morgan fingerprint density at radius 1 is 0.647 bits per heavy atom. The lowest BCUT2D eigenvalue weighted by molar-refractivity contribution is -0.154. The van der Waals surface area contributed by atoms with Crippen LogP contribution in [0.2, 0.25) is 0 Å². The van der Waals surface area contributed by atoms with Crippen molar-refractivity contribution in [3.8, 4) is 0 Å². The monoisotopic (exact) mass is 486 g/mol. The fourth-order valence-electron chi connectivity index (χ4n) is 2.90. The number of aliphatic hydroxyl groups is 1. The Kier molecular flexibility index (Phi) is 27.6. The highest BCUT2D eigenvalue weighted by molar-refractivity contribution is 5.76. The third-order valence-electron chi connectivity index (χ3n) is 5.02.